The molecule has 1 atom stereocenters. The van der Waals surface area contributed by atoms with Crippen LogP contribution in [0.2, 0.25) is 5.15 Å². The monoisotopic (exact) mass is 379 g/mol. The Kier molecular flexibility index (Phi) is 4.66. The van der Waals surface area contributed by atoms with E-state index in [0.29, 0.717) is 11.0 Å². The van der Waals surface area contributed by atoms with Crippen LogP contribution in [-0.4, -0.2) is 26.9 Å². The number of aliphatic hydroxyl groups is 1. The second-order valence-electron chi connectivity index (χ2n) is 6.22. The number of nitrogen functional groups attached to an aromatic ring is 1. The third-order valence-corrected chi connectivity index (χ3v) is 4.77. The fraction of sp³-hybridized carbons (Fsp3) is 0.100. The van der Waals surface area contributed by atoms with Crippen LogP contribution in [0.15, 0.2) is 60.8 Å². The van der Waals surface area contributed by atoms with Crippen LogP contribution in [-0.2, 0) is 0 Å². The van der Waals surface area contributed by atoms with Crippen LogP contribution in [0.25, 0.3) is 22.0 Å². The van der Waals surface area contributed by atoms with Gasteiger partial charge >= 0.3 is 0 Å². The highest BCUT2D eigenvalue weighted by molar-refractivity contribution is 6.32. The third-order valence-electron chi connectivity index (χ3n) is 4.47. The number of anilines is 2. The maximum atomic E-state index is 9.77. The molecule has 0 amide bonds. The lowest BCUT2D eigenvalue weighted by molar-refractivity contribution is 0.276. The Bertz CT molecular complexity index is 1080. The Balaban J connectivity index is 1.69. The minimum atomic E-state index is -0.242. The number of H-pyrrole nitrogens is 1. The lowest BCUT2D eigenvalue weighted by Crippen LogP contribution is -2.14. The molecular formula is C20H18ClN5O. The lowest BCUT2D eigenvalue weighted by atomic mass is 10.0. The summed E-state index contributed by atoms with van der Waals surface area (Å²) in [7, 11) is 0. The van der Waals surface area contributed by atoms with E-state index in [0.717, 1.165) is 33.3 Å². The van der Waals surface area contributed by atoms with Crippen molar-refractivity contribution in [1.82, 2.24) is 15.2 Å². The zero-order chi connectivity index (χ0) is 18.8. The first-order valence-electron chi connectivity index (χ1n) is 8.47. The fourth-order valence-corrected chi connectivity index (χ4v) is 3.26. The van der Waals surface area contributed by atoms with Crippen molar-refractivity contribution in [2.45, 2.75) is 6.04 Å². The average Bonchev–Trinajstić information content (AvgIpc) is 3.08. The molecule has 7 heteroatoms. The van der Waals surface area contributed by atoms with Gasteiger partial charge in [-0.15, -0.1) is 0 Å². The molecule has 0 radical (unpaired) electrons. The summed E-state index contributed by atoms with van der Waals surface area (Å²) in [5.41, 5.74) is 10.2. The van der Waals surface area contributed by atoms with Crippen molar-refractivity contribution in [2.75, 3.05) is 17.7 Å². The third kappa shape index (κ3) is 3.45. The number of hydrogen-bond acceptors (Lipinski definition) is 5. The number of fused-ring (bicyclic) bond motifs is 1. The van der Waals surface area contributed by atoms with Gasteiger partial charge < -0.3 is 16.2 Å². The molecule has 1 unspecified atom stereocenters. The second kappa shape index (κ2) is 7.26. The first kappa shape index (κ1) is 17.3. The number of aromatic amines is 1. The molecule has 2 heterocycles. The smallest absolute Gasteiger partial charge is 0.153 e. The number of aliphatic hydroxyl groups excluding tert-OH is 1. The summed E-state index contributed by atoms with van der Waals surface area (Å²) < 4.78 is 0. The van der Waals surface area contributed by atoms with Crippen molar-refractivity contribution in [3.05, 3.63) is 71.5 Å². The number of benzene rings is 2. The van der Waals surface area contributed by atoms with E-state index in [1.54, 1.807) is 6.20 Å². The molecule has 5 N–H and O–H groups in total. The molecule has 27 heavy (non-hydrogen) atoms. The van der Waals surface area contributed by atoms with Crippen LogP contribution >= 0.6 is 11.6 Å². The van der Waals surface area contributed by atoms with Crippen LogP contribution in [0.5, 0.6) is 0 Å². The van der Waals surface area contributed by atoms with Gasteiger partial charge in [0.15, 0.2) is 5.82 Å². The first-order chi connectivity index (χ1) is 13.2. The maximum absolute atomic E-state index is 9.77. The fourth-order valence-electron chi connectivity index (χ4n) is 3.05. The van der Waals surface area contributed by atoms with Gasteiger partial charge in [0, 0.05) is 10.9 Å². The van der Waals surface area contributed by atoms with Gasteiger partial charge in [0.1, 0.15) is 5.15 Å². The molecule has 0 saturated heterocycles. The summed E-state index contributed by atoms with van der Waals surface area (Å²) in [6.07, 6.45) is 1.65. The maximum Gasteiger partial charge on any atom is 0.153 e. The summed E-state index contributed by atoms with van der Waals surface area (Å²) in [4.78, 5) is 4.29. The second-order valence-corrected chi connectivity index (χ2v) is 6.58. The topological polar surface area (TPSA) is 99.8 Å². The molecule has 136 valence electrons. The van der Waals surface area contributed by atoms with Crippen LogP contribution in [0, 0.1) is 0 Å². The largest absolute Gasteiger partial charge is 0.394 e. The van der Waals surface area contributed by atoms with Crippen molar-refractivity contribution in [1.29, 1.82) is 0 Å². The van der Waals surface area contributed by atoms with Crippen molar-refractivity contribution in [3.63, 3.8) is 0 Å². The standard InChI is InChI=1S/C20H18ClN5O/c21-19-15(13-6-7-17-16(8-13)20(22)26-25-17)9-14(10-23-19)24-18(11-27)12-4-2-1-3-5-12/h1-10,18,24,27H,11H2,(H3,22,25,26). The Morgan fingerprint density at radius 1 is 1.15 bits per heavy atom. The normalized spacial score (nSPS) is 12.2. The van der Waals surface area contributed by atoms with Gasteiger partial charge in [0.25, 0.3) is 0 Å². The molecule has 0 saturated carbocycles. The SMILES string of the molecule is Nc1n[nH]c2ccc(-c3cc(NC(CO)c4ccccc4)cnc3Cl)cc12. The van der Waals surface area contributed by atoms with E-state index in [9.17, 15) is 5.11 Å². The summed E-state index contributed by atoms with van der Waals surface area (Å²) in [5, 5.41) is 21.2. The predicted molar refractivity (Wildman–Crippen MR) is 109 cm³/mol. The number of nitrogens with two attached hydrogens (primary N) is 1. The highest BCUT2D eigenvalue weighted by Crippen LogP contribution is 2.32. The number of halogens is 1. The van der Waals surface area contributed by atoms with Crippen molar-refractivity contribution >= 4 is 34.0 Å². The molecule has 0 bridgehead atoms. The van der Waals surface area contributed by atoms with Crippen LogP contribution in [0.1, 0.15) is 11.6 Å². The van der Waals surface area contributed by atoms with E-state index in [1.165, 1.54) is 0 Å². The van der Waals surface area contributed by atoms with Gasteiger partial charge in [0.05, 0.1) is 30.0 Å². The molecule has 0 spiro atoms. The zero-order valence-electron chi connectivity index (χ0n) is 14.4. The summed E-state index contributed by atoms with van der Waals surface area (Å²) in [6, 6.07) is 17.2. The molecule has 2 aromatic heterocycles. The average molecular weight is 380 g/mol. The van der Waals surface area contributed by atoms with E-state index in [2.05, 4.69) is 20.5 Å². The quantitative estimate of drug-likeness (QED) is 0.393. The molecule has 0 aliphatic carbocycles. The van der Waals surface area contributed by atoms with Crippen molar-refractivity contribution in [2.24, 2.45) is 0 Å². The minimum Gasteiger partial charge on any atom is -0.394 e. The van der Waals surface area contributed by atoms with Crippen LogP contribution < -0.4 is 11.1 Å². The Morgan fingerprint density at radius 2 is 1.96 bits per heavy atom. The van der Waals surface area contributed by atoms with Gasteiger partial charge in [0.2, 0.25) is 0 Å². The molecule has 2 aromatic carbocycles. The minimum absolute atomic E-state index is 0.0422. The zero-order valence-corrected chi connectivity index (χ0v) is 15.1. The Labute approximate surface area is 161 Å². The van der Waals surface area contributed by atoms with E-state index in [4.69, 9.17) is 17.3 Å². The molecule has 4 aromatic rings. The first-order valence-corrected chi connectivity index (χ1v) is 8.85. The number of pyridine rings is 1. The summed E-state index contributed by atoms with van der Waals surface area (Å²) in [5.74, 6) is 0.439. The van der Waals surface area contributed by atoms with Gasteiger partial charge in [-0.25, -0.2) is 4.98 Å². The lowest BCUT2D eigenvalue weighted by Gasteiger charge is -2.18. The van der Waals surface area contributed by atoms with E-state index >= 15 is 0 Å². The molecule has 0 aliphatic heterocycles. The number of aromatic nitrogens is 3. The number of rotatable bonds is 5. The molecule has 4 rings (SSSR count). The number of nitrogens with one attached hydrogen (secondary N) is 2. The molecular weight excluding hydrogens is 362 g/mol. The molecule has 0 fully saturated rings. The molecule has 6 nitrogen and oxygen atoms in total. The number of hydrogen-bond donors (Lipinski definition) is 4. The van der Waals surface area contributed by atoms with Crippen molar-refractivity contribution in [3.8, 4) is 11.1 Å². The van der Waals surface area contributed by atoms with Crippen LogP contribution in [0.3, 0.4) is 0 Å². The highest BCUT2D eigenvalue weighted by atomic mass is 35.5. The Hall–Kier alpha value is -3.09. The van der Waals surface area contributed by atoms with Crippen molar-refractivity contribution < 1.29 is 5.11 Å². The summed E-state index contributed by atoms with van der Waals surface area (Å²) in [6.45, 7) is -0.0422. The predicted octanol–water partition coefficient (Wildman–Crippen LogP) is 4.01. The van der Waals surface area contributed by atoms with Gasteiger partial charge in [-0.3, -0.25) is 5.10 Å². The summed E-state index contributed by atoms with van der Waals surface area (Å²) >= 11 is 6.34. The van der Waals surface area contributed by atoms with E-state index < -0.39 is 0 Å². The van der Waals surface area contributed by atoms with Gasteiger partial charge in [-0.1, -0.05) is 48.0 Å². The molecule has 0 aliphatic rings. The Morgan fingerprint density at radius 3 is 2.74 bits per heavy atom. The van der Waals surface area contributed by atoms with E-state index in [1.807, 2.05) is 54.6 Å². The highest BCUT2D eigenvalue weighted by Gasteiger charge is 2.13. The number of nitrogens with zero attached hydrogens (tertiary/aromatic N) is 2. The van der Waals surface area contributed by atoms with Crippen LogP contribution in [0.4, 0.5) is 11.5 Å². The van der Waals surface area contributed by atoms with Gasteiger partial charge in [-0.05, 0) is 29.3 Å². The van der Waals surface area contributed by atoms with E-state index in [-0.39, 0.29) is 12.6 Å². The van der Waals surface area contributed by atoms with Gasteiger partial charge in [-0.2, -0.15) is 5.10 Å².